The molecule has 3 rings (SSSR count). The van der Waals surface area contributed by atoms with Crippen molar-refractivity contribution in [1.29, 1.82) is 0 Å². The SMILES string of the molecule is Cc1nc(-c2cccc(C(F)(F)F)c2)nc(N2CCN(C(=O)CC(C)(C)C)CC2)c1C. The highest BCUT2D eigenvalue weighted by molar-refractivity contribution is 5.77. The Hall–Kier alpha value is -2.64. The van der Waals surface area contributed by atoms with Gasteiger partial charge in [0.2, 0.25) is 5.91 Å². The number of benzene rings is 1. The van der Waals surface area contributed by atoms with Crippen molar-refractivity contribution in [2.24, 2.45) is 5.41 Å². The van der Waals surface area contributed by atoms with Crippen LogP contribution < -0.4 is 4.90 Å². The van der Waals surface area contributed by atoms with Crippen molar-refractivity contribution in [2.45, 2.75) is 47.2 Å². The summed E-state index contributed by atoms with van der Waals surface area (Å²) in [7, 11) is 0. The number of hydrogen-bond acceptors (Lipinski definition) is 4. The Morgan fingerprint density at radius 1 is 1.03 bits per heavy atom. The molecule has 0 spiro atoms. The molecule has 2 aromatic rings. The Kier molecular flexibility index (Phi) is 6.30. The molecule has 8 heteroatoms. The Morgan fingerprint density at radius 2 is 1.68 bits per heavy atom. The fourth-order valence-electron chi connectivity index (χ4n) is 3.62. The van der Waals surface area contributed by atoms with E-state index in [1.54, 1.807) is 6.07 Å². The molecule has 2 heterocycles. The molecule has 1 aliphatic heterocycles. The third-order valence-corrected chi connectivity index (χ3v) is 5.43. The number of amides is 1. The topological polar surface area (TPSA) is 49.3 Å². The normalized spacial score (nSPS) is 15.4. The van der Waals surface area contributed by atoms with Gasteiger partial charge in [0.15, 0.2) is 5.82 Å². The summed E-state index contributed by atoms with van der Waals surface area (Å²) in [5.74, 6) is 1.13. The van der Waals surface area contributed by atoms with Crippen LogP contribution >= 0.6 is 0 Å². The van der Waals surface area contributed by atoms with Gasteiger partial charge in [-0.25, -0.2) is 9.97 Å². The second kappa shape index (κ2) is 8.48. The Labute approximate surface area is 181 Å². The molecule has 1 fully saturated rings. The zero-order valence-electron chi connectivity index (χ0n) is 18.7. The van der Waals surface area contributed by atoms with E-state index in [4.69, 9.17) is 0 Å². The van der Waals surface area contributed by atoms with E-state index in [9.17, 15) is 18.0 Å². The molecule has 0 N–H and O–H groups in total. The van der Waals surface area contributed by atoms with Crippen LogP contribution in [0.3, 0.4) is 0 Å². The predicted octanol–water partition coefficient (Wildman–Crippen LogP) is 4.86. The number of carbonyl (C=O) groups is 1. The molecule has 0 radical (unpaired) electrons. The van der Waals surface area contributed by atoms with Gasteiger partial charge >= 0.3 is 6.18 Å². The van der Waals surface area contributed by atoms with Gasteiger partial charge in [-0.05, 0) is 31.4 Å². The Morgan fingerprint density at radius 3 is 2.26 bits per heavy atom. The summed E-state index contributed by atoms with van der Waals surface area (Å²) < 4.78 is 39.4. The van der Waals surface area contributed by atoms with E-state index < -0.39 is 11.7 Å². The van der Waals surface area contributed by atoms with Gasteiger partial charge in [0.05, 0.1) is 5.56 Å². The van der Waals surface area contributed by atoms with Gasteiger partial charge < -0.3 is 9.80 Å². The summed E-state index contributed by atoms with van der Waals surface area (Å²) in [5, 5.41) is 0. The van der Waals surface area contributed by atoms with E-state index in [1.807, 2.05) is 39.5 Å². The first-order chi connectivity index (χ1) is 14.3. The minimum Gasteiger partial charge on any atom is -0.353 e. The van der Waals surface area contributed by atoms with Gasteiger partial charge in [0.1, 0.15) is 5.82 Å². The zero-order chi connectivity index (χ0) is 23.0. The minimum atomic E-state index is -4.42. The van der Waals surface area contributed by atoms with E-state index in [2.05, 4.69) is 14.9 Å². The average molecular weight is 435 g/mol. The summed E-state index contributed by atoms with van der Waals surface area (Å²) >= 11 is 0. The molecule has 0 saturated carbocycles. The summed E-state index contributed by atoms with van der Waals surface area (Å²) in [4.78, 5) is 25.5. The van der Waals surface area contributed by atoms with Gasteiger partial charge in [0, 0.05) is 49.4 Å². The van der Waals surface area contributed by atoms with Crippen molar-refractivity contribution in [3.63, 3.8) is 0 Å². The maximum Gasteiger partial charge on any atom is 0.416 e. The van der Waals surface area contributed by atoms with Crippen LogP contribution in [0.15, 0.2) is 24.3 Å². The fraction of sp³-hybridized carbons (Fsp3) is 0.522. The van der Waals surface area contributed by atoms with Gasteiger partial charge in [0.25, 0.3) is 0 Å². The lowest BCUT2D eigenvalue weighted by Crippen LogP contribution is -2.49. The van der Waals surface area contributed by atoms with Crippen LogP contribution in [0.4, 0.5) is 19.0 Å². The molecule has 1 aliphatic rings. The second-order valence-electron chi connectivity index (χ2n) is 9.27. The van der Waals surface area contributed by atoms with Crippen LogP contribution in [0, 0.1) is 19.3 Å². The highest BCUT2D eigenvalue weighted by atomic mass is 19.4. The van der Waals surface area contributed by atoms with Crippen LogP contribution in [0.25, 0.3) is 11.4 Å². The summed E-state index contributed by atoms with van der Waals surface area (Å²) in [6.07, 6.45) is -3.92. The molecule has 0 atom stereocenters. The molecule has 1 aromatic heterocycles. The van der Waals surface area contributed by atoms with E-state index in [1.165, 1.54) is 6.07 Å². The number of hydrogen-bond donors (Lipinski definition) is 0. The third kappa shape index (κ3) is 5.54. The molecule has 1 aromatic carbocycles. The van der Waals surface area contributed by atoms with Crippen LogP contribution in [0.1, 0.15) is 44.0 Å². The van der Waals surface area contributed by atoms with Crippen molar-refractivity contribution in [2.75, 3.05) is 31.1 Å². The Balaban J connectivity index is 1.83. The monoisotopic (exact) mass is 434 g/mol. The number of nitrogens with zero attached hydrogens (tertiary/aromatic N) is 4. The number of alkyl halides is 3. The first-order valence-electron chi connectivity index (χ1n) is 10.4. The summed E-state index contributed by atoms with van der Waals surface area (Å²) in [6, 6.07) is 5.08. The first-order valence-corrected chi connectivity index (χ1v) is 10.4. The highest BCUT2D eigenvalue weighted by Gasteiger charge is 2.31. The molecule has 0 unspecified atom stereocenters. The molecule has 31 heavy (non-hydrogen) atoms. The third-order valence-electron chi connectivity index (χ3n) is 5.43. The van der Waals surface area contributed by atoms with Crippen LogP contribution in [0.5, 0.6) is 0 Å². The second-order valence-corrected chi connectivity index (χ2v) is 9.27. The van der Waals surface area contributed by atoms with Crippen molar-refractivity contribution in [3.05, 3.63) is 41.1 Å². The van der Waals surface area contributed by atoms with Gasteiger partial charge in [-0.2, -0.15) is 13.2 Å². The fourth-order valence-corrected chi connectivity index (χ4v) is 3.62. The number of aromatic nitrogens is 2. The standard InChI is InChI=1S/C23H29F3N4O/c1-15-16(2)27-20(17-7-6-8-18(13-17)23(24,25)26)28-21(15)30-11-9-29(10-12-30)19(31)14-22(3,4)5/h6-8,13H,9-12,14H2,1-5H3. The van der Waals surface area contributed by atoms with Crippen LogP contribution in [-0.2, 0) is 11.0 Å². The summed E-state index contributed by atoms with van der Waals surface area (Å²) in [6.45, 7) is 12.3. The maximum absolute atomic E-state index is 13.1. The highest BCUT2D eigenvalue weighted by Crippen LogP contribution is 2.32. The molecule has 168 valence electrons. The molecule has 1 amide bonds. The molecule has 0 bridgehead atoms. The molecule has 1 saturated heterocycles. The number of halogens is 3. The van der Waals surface area contributed by atoms with E-state index in [0.29, 0.717) is 44.0 Å². The van der Waals surface area contributed by atoms with E-state index in [-0.39, 0.29) is 17.1 Å². The zero-order valence-corrected chi connectivity index (χ0v) is 18.7. The van der Waals surface area contributed by atoms with E-state index >= 15 is 0 Å². The van der Waals surface area contributed by atoms with Crippen molar-refractivity contribution in [3.8, 4) is 11.4 Å². The number of carbonyl (C=O) groups excluding carboxylic acids is 1. The number of anilines is 1. The average Bonchev–Trinajstić information content (AvgIpc) is 2.68. The van der Waals surface area contributed by atoms with Crippen molar-refractivity contribution < 1.29 is 18.0 Å². The maximum atomic E-state index is 13.1. The lowest BCUT2D eigenvalue weighted by Gasteiger charge is -2.37. The quantitative estimate of drug-likeness (QED) is 0.692. The number of aryl methyl sites for hydroxylation is 1. The van der Waals surface area contributed by atoms with Crippen LogP contribution in [-0.4, -0.2) is 47.0 Å². The molecular weight excluding hydrogens is 405 g/mol. The van der Waals surface area contributed by atoms with Crippen molar-refractivity contribution in [1.82, 2.24) is 14.9 Å². The summed E-state index contributed by atoms with van der Waals surface area (Å²) in [5.41, 5.74) is 1.17. The van der Waals surface area contributed by atoms with Crippen LogP contribution in [0.2, 0.25) is 0 Å². The smallest absolute Gasteiger partial charge is 0.353 e. The van der Waals surface area contributed by atoms with E-state index in [0.717, 1.165) is 23.4 Å². The largest absolute Gasteiger partial charge is 0.416 e. The Bertz CT molecular complexity index is 958. The van der Waals surface area contributed by atoms with Gasteiger partial charge in [-0.15, -0.1) is 0 Å². The molecular formula is C23H29F3N4O. The van der Waals surface area contributed by atoms with Crippen molar-refractivity contribution >= 4 is 11.7 Å². The number of rotatable bonds is 3. The lowest BCUT2D eigenvalue weighted by atomic mass is 9.91. The minimum absolute atomic E-state index is 0.0611. The molecule has 5 nitrogen and oxygen atoms in total. The van der Waals surface area contributed by atoms with Gasteiger partial charge in [-0.3, -0.25) is 4.79 Å². The molecule has 0 aliphatic carbocycles. The first kappa shape index (κ1) is 23.0. The lowest BCUT2D eigenvalue weighted by molar-refractivity contribution is -0.137. The predicted molar refractivity (Wildman–Crippen MR) is 115 cm³/mol. The number of piperazine rings is 1. The van der Waals surface area contributed by atoms with Gasteiger partial charge in [-0.1, -0.05) is 32.9 Å².